The van der Waals surface area contributed by atoms with Gasteiger partial charge in [0.1, 0.15) is 24.2 Å². The number of amides is 1. The van der Waals surface area contributed by atoms with Crippen molar-refractivity contribution in [2.75, 3.05) is 13.2 Å². The van der Waals surface area contributed by atoms with E-state index in [1.54, 1.807) is 17.2 Å². The van der Waals surface area contributed by atoms with E-state index in [4.69, 9.17) is 9.47 Å². The van der Waals surface area contributed by atoms with E-state index in [0.29, 0.717) is 25.3 Å². The van der Waals surface area contributed by atoms with E-state index in [1.165, 1.54) is 24.7 Å². The van der Waals surface area contributed by atoms with Crippen molar-refractivity contribution in [2.45, 2.75) is 31.1 Å². The molecule has 7 nitrogen and oxygen atoms in total. The van der Waals surface area contributed by atoms with Crippen LogP contribution in [-0.4, -0.2) is 57.2 Å². The number of carbonyl (C=O) groups excluding carboxylic acids is 1. The van der Waals surface area contributed by atoms with Gasteiger partial charge in [0.15, 0.2) is 5.82 Å². The predicted octanol–water partition coefficient (Wildman–Crippen LogP) is 1.46. The van der Waals surface area contributed by atoms with Crippen LogP contribution >= 0.6 is 0 Å². The Bertz CT molecular complexity index is 761. The molecular formula is C17H17FN4O3. The first kappa shape index (κ1) is 15.9. The lowest BCUT2D eigenvalue weighted by Gasteiger charge is -2.38. The molecule has 0 aromatic carbocycles. The number of pyridine rings is 1. The molecule has 1 saturated heterocycles. The van der Waals surface area contributed by atoms with Gasteiger partial charge < -0.3 is 14.4 Å². The summed E-state index contributed by atoms with van der Waals surface area (Å²) in [5, 5.41) is 0. The van der Waals surface area contributed by atoms with Gasteiger partial charge in [0.25, 0.3) is 11.8 Å². The van der Waals surface area contributed by atoms with Crippen molar-refractivity contribution < 1.29 is 18.7 Å². The van der Waals surface area contributed by atoms with Gasteiger partial charge in [-0.3, -0.25) is 4.79 Å². The Balaban J connectivity index is 1.51. The first-order valence-corrected chi connectivity index (χ1v) is 8.20. The van der Waals surface area contributed by atoms with E-state index < -0.39 is 5.82 Å². The molecule has 3 heterocycles. The zero-order chi connectivity index (χ0) is 17.2. The lowest BCUT2D eigenvalue weighted by molar-refractivity contribution is -0.0800. The van der Waals surface area contributed by atoms with Crippen molar-refractivity contribution in [3.8, 4) is 5.88 Å². The summed E-state index contributed by atoms with van der Waals surface area (Å²) in [6.45, 7) is 0.900. The molecule has 8 heteroatoms. The predicted molar refractivity (Wildman–Crippen MR) is 84.4 cm³/mol. The molecule has 4 rings (SSSR count). The van der Waals surface area contributed by atoms with Gasteiger partial charge in [0.05, 0.1) is 12.6 Å². The first-order chi connectivity index (χ1) is 12.2. The third-order valence-electron chi connectivity index (χ3n) is 4.59. The van der Waals surface area contributed by atoms with Crippen LogP contribution < -0.4 is 4.74 Å². The Morgan fingerprint density at radius 3 is 3.00 bits per heavy atom. The number of ether oxygens (including phenoxy) is 2. The SMILES string of the molecule is O=C(c1ccncn1)N1CCO[C@H]2[C@@H](Oc3ncccc3F)CC[C@@H]21. The van der Waals surface area contributed by atoms with E-state index in [9.17, 15) is 9.18 Å². The topological polar surface area (TPSA) is 77.4 Å². The fourth-order valence-electron chi connectivity index (χ4n) is 3.46. The number of morpholine rings is 1. The van der Waals surface area contributed by atoms with Crippen molar-refractivity contribution in [1.82, 2.24) is 19.9 Å². The van der Waals surface area contributed by atoms with Gasteiger partial charge in [0.2, 0.25) is 0 Å². The summed E-state index contributed by atoms with van der Waals surface area (Å²) in [6, 6.07) is 4.30. The Hall–Kier alpha value is -2.61. The van der Waals surface area contributed by atoms with Crippen molar-refractivity contribution in [2.24, 2.45) is 0 Å². The van der Waals surface area contributed by atoms with Crippen LogP contribution in [0.4, 0.5) is 4.39 Å². The molecule has 1 saturated carbocycles. The number of carbonyl (C=O) groups is 1. The molecule has 0 radical (unpaired) electrons. The van der Waals surface area contributed by atoms with Crippen LogP contribution in [0.1, 0.15) is 23.3 Å². The van der Waals surface area contributed by atoms with E-state index in [1.807, 2.05) is 0 Å². The summed E-state index contributed by atoms with van der Waals surface area (Å²) < 4.78 is 25.4. The second-order valence-electron chi connectivity index (χ2n) is 6.02. The van der Waals surface area contributed by atoms with Gasteiger partial charge >= 0.3 is 0 Å². The van der Waals surface area contributed by atoms with Crippen LogP contribution in [0.3, 0.4) is 0 Å². The number of fused-ring (bicyclic) bond motifs is 1. The molecule has 2 aromatic heterocycles. The van der Waals surface area contributed by atoms with E-state index in [2.05, 4.69) is 15.0 Å². The third-order valence-corrected chi connectivity index (χ3v) is 4.59. The van der Waals surface area contributed by atoms with Gasteiger partial charge in [-0.1, -0.05) is 0 Å². The Morgan fingerprint density at radius 2 is 2.20 bits per heavy atom. The minimum absolute atomic E-state index is 0.0315. The lowest BCUT2D eigenvalue weighted by atomic mass is 10.1. The van der Waals surface area contributed by atoms with Gasteiger partial charge in [-0.15, -0.1) is 0 Å². The Morgan fingerprint density at radius 1 is 1.28 bits per heavy atom. The lowest BCUT2D eigenvalue weighted by Crippen LogP contribution is -2.54. The van der Waals surface area contributed by atoms with Crippen molar-refractivity contribution in [3.63, 3.8) is 0 Å². The highest BCUT2D eigenvalue weighted by Gasteiger charge is 2.46. The third kappa shape index (κ3) is 3.05. The number of aromatic nitrogens is 3. The van der Waals surface area contributed by atoms with Crippen molar-refractivity contribution >= 4 is 5.91 Å². The van der Waals surface area contributed by atoms with Gasteiger partial charge in [-0.2, -0.15) is 0 Å². The van der Waals surface area contributed by atoms with Crippen molar-refractivity contribution in [1.29, 1.82) is 0 Å². The van der Waals surface area contributed by atoms with Crippen LogP contribution in [0.25, 0.3) is 0 Å². The quantitative estimate of drug-likeness (QED) is 0.839. The maximum atomic E-state index is 13.8. The average Bonchev–Trinajstić information content (AvgIpc) is 3.07. The number of hydrogen-bond donors (Lipinski definition) is 0. The molecule has 130 valence electrons. The van der Waals surface area contributed by atoms with E-state index in [-0.39, 0.29) is 30.0 Å². The van der Waals surface area contributed by atoms with Crippen molar-refractivity contribution in [3.05, 3.63) is 48.4 Å². The summed E-state index contributed by atoms with van der Waals surface area (Å²) in [6.07, 6.45) is 5.13. The number of rotatable bonds is 3. The minimum atomic E-state index is -0.504. The standard InChI is InChI=1S/C17H17FN4O3/c18-11-2-1-6-20-16(11)25-14-4-3-13-15(14)24-9-8-22(13)17(23)12-5-7-19-10-21-12/h1-2,5-7,10,13-15H,3-4,8-9H2/t13-,14-,15+/m0/s1. The van der Waals surface area contributed by atoms with Gasteiger partial charge in [0, 0.05) is 18.9 Å². The van der Waals surface area contributed by atoms with Crippen LogP contribution in [0.15, 0.2) is 36.9 Å². The molecule has 2 fully saturated rings. The minimum Gasteiger partial charge on any atom is -0.469 e. The van der Waals surface area contributed by atoms with Gasteiger partial charge in [-0.05, 0) is 31.0 Å². The molecule has 0 N–H and O–H groups in total. The monoisotopic (exact) mass is 344 g/mol. The zero-order valence-corrected chi connectivity index (χ0v) is 13.4. The summed E-state index contributed by atoms with van der Waals surface area (Å²) >= 11 is 0. The molecule has 1 amide bonds. The van der Waals surface area contributed by atoms with E-state index >= 15 is 0 Å². The summed E-state index contributed by atoms with van der Waals surface area (Å²) in [5.74, 6) is -0.683. The van der Waals surface area contributed by atoms with Crippen LogP contribution in [0.5, 0.6) is 5.88 Å². The fraction of sp³-hybridized carbons (Fsp3) is 0.412. The summed E-state index contributed by atoms with van der Waals surface area (Å²) in [7, 11) is 0. The zero-order valence-electron chi connectivity index (χ0n) is 13.4. The highest BCUT2D eigenvalue weighted by atomic mass is 19.1. The normalized spacial score (nSPS) is 25.5. The molecule has 1 aliphatic carbocycles. The van der Waals surface area contributed by atoms with E-state index in [0.717, 1.165) is 6.42 Å². The second-order valence-corrected chi connectivity index (χ2v) is 6.02. The largest absolute Gasteiger partial charge is 0.469 e. The maximum Gasteiger partial charge on any atom is 0.272 e. The summed E-state index contributed by atoms with van der Waals surface area (Å²) in [4.78, 5) is 26.3. The molecule has 0 spiro atoms. The number of halogens is 1. The maximum absolute atomic E-state index is 13.8. The Labute approximate surface area is 143 Å². The average molecular weight is 344 g/mol. The Kier molecular flexibility index (Phi) is 4.27. The molecule has 0 bridgehead atoms. The van der Waals surface area contributed by atoms with Crippen LogP contribution in [0, 0.1) is 5.82 Å². The molecule has 1 aliphatic heterocycles. The first-order valence-electron chi connectivity index (χ1n) is 8.20. The second kappa shape index (κ2) is 6.72. The molecule has 2 aromatic rings. The van der Waals surface area contributed by atoms with Crippen LogP contribution in [0.2, 0.25) is 0 Å². The molecule has 25 heavy (non-hydrogen) atoms. The van der Waals surface area contributed by atoms with Crippen LogP contribution in [-0.2, 0) is 4.74 Å². The highest BCUT2D eigenvalue weighted by molar-refractivity contribution is 5.92. The molecule has 2 aliphatic rings. The highest BCUT2D eigenvalue weighted by Crippen LogP contribution is 2.33. The fourth-order valence-corrected chi connectivity index (χ4v) is 3.46. The molecular weight excluding hydrogens is 327 g/mol. The van der Waals surface area contributed by atoms with Gasteiger partial charge in [-0.25, -0.2) is 19.3 Å². The molecule has 0 unspecified atom stereocenters. The number of hydrogen-bond acceptors (Lipinski definition) is 6. The summed E-state index contributed by atoms with van der Waals surface area (Å²) in [5.41, 5.74) is 0.357. The molecule has 3 atom stereocenters. The smallest absolute Gasteiger partial charge is 0.272 e. The number of nitrogens with zero attached hydrogens (tertiary/aromatic N) is 4.